The number of carbonyl (C=O) groups is 1. The Balaban J connectivity index is 2.82. The second-order valence-electron chi connectivity index (χ2n) is 3.99. The van der Waals surface area contributed by atoms with Crippen LogP contribution < -0.4 is 5.32 Å². The minimum absolute atomic E-state index is 0.248. The molecule has 5 heteroatoms. The molecule has 96 valence electrons. The van der Waals surface area contributed by atoms with Crippen LogP contribution in [0, 0.1) is 6.92 Å². The maximum Gasteiger partial charge on any atom is 0.330 e. The quantitative estimate of drug-likeness (QED) is 0.794. The molecule has 0 spiro atoms. The third-order valence-electron chi connectivity index (χ3n) is 2.47. The molecule has 0 saturated carbocycles. The standard InChI is InChI=1S/C12H20N2O2S/c1-5-8(3)13-10(12(15)16-6-2)11-14-9(4)7-17-11/h7-8,10,13H,5-6H2,1-4H3. The fraction of sp³-hybridized carbons (Fsp3) is 0.667. The Hall–Kier alpha value is -0.940. The second kappa shape index (κ2) is 6.71. The summed E-state index contributed by atoms with van der Waals surface area (Å²) in [6.45, 7) is 8.25. The molecule has 2 unspecified atom stereocenters. The molecule has 0 bridgehead atoms. The molecule has 0 aliphatic heterocycles. The van der Waals surface area contributed by atoms with Crippen molar-refractivity contribution in [1.82, 2.24) is 10.3 Å². The number of carbonyl (C=O) groups excluding carboxylic acids is 1. The molecule has 4 nitrogen and oxygen atoms in total. The van der Waals surface area contributed by atoms with Crippen molar-refractivity contribution >= 4 is 17.3 Å². The zero-order valence-corrected chi connectivity index (χ0v) is 11.6. The smallest absolute Gasteiger partial charge is 0.330 e. The van der Waals surface area contributed by atoms with E-state index < -0.39 is 6.04 Å². The molecule has 0 aromatic carbocycles. The van der Waals surface area contributed by atoms with Crippen molar-refractivity contribution in [2.24, 2.45) is 0 Å². The number of hydrogen-bond donors (Lipinski definition) is 1. The molecule has 1 heterocycles. The van der Waals surface area contributed by atoms with Gasteiger partial charge in [0.25, 0.3) is 0 Å². The molecule has 0 saturated heterocycles. The van der Waals surface area contributed by atoms with Gasteiger partial charge in [-0.05, 0) is 27.2 Å². The van der Waals surface area contributed by atoms with E-state index in [0.717, 1.165) is 17.1 Å². The molecule has 1 N–H and O–H groups in total. The number of esters is 1. The van der Waals surface area contributed by atoms with Gasteiger partial charge in [-0.25, -0.2) is 9.78 Å². The minimum Gasteiger partial charge on any atom is -0.465 e. The summed E-state index contributed by atoms with van der Waals surface area (Å²) in [7, 11) is 0. The van der Waals surface area contributed by atoms with Crippen molar-refractivity contribution in [3.63, 3.8) is 0 Å². The van der Waals surface area contributed by atoms with Gasteiger partial charge >= 0.3 is 5.97 Å². The van der Waals surface area contributed by atoms with Gasteiger partial charge in [-0.2, -0.15) is 0 Å². The predicted molar refractivity (Wildman–Crippen MR) is 69.1 cm³/mol. The van der Waals surface area contributed by atoms with Crippen LogP contribution in [0.2, 0.25) is 0 Å². The summed E-state index contributed by atoms with van der Waals surface area (Å²) in [5.41, 5.74) is 0.935. The van der Waals surface area contributed by atoms with Crippen LogP contribution in [-0.4, -0.2) is 23.6 Å². The highest BCUT2D eigenvalue weighted by Gasteiger charge is 2.25. The Bertz CT molecular complexity index is 365. The topological polar surface area (TPSA) is 51.2 Å². The highest BCUT2D eigenvalue weighted by molar-refractivity contribution is 7.09. The predicted octanol–water partition coefficient (Wildman–Crippen LogP) is 2.44. The molecule has 1 rings (SSSR count). The van der Waals surface area contributed by atoms with Crippen LogP contribution in [0.3, 0.4) is 0 Å². The number of aryl methyl sites for hydroxylation is 1. The van der Waals surface area contributed by atoms with Crippen molar-refractivity contribution in [3.05, 3.63) is 16.1 Å². The number of nitrogens with zero attached hydrogens (tertiary/aromatic N) is 1. The van der Waals surface area contributed by atoms with E-state index in [4.69, 9.17) is 4.74 Å². The molecule has 0 amide bonds. The molecule has 0 aliphatic rings. The van der Waals surface area contributed by atoms with Gasteiger partial charge in [-0.15, -0.1) is 11.3 Å². The minimum atomic E-state index is -0.441. The molecular formula is C12H20N2O2S. The van der Waals surface area contributed by atoms with Gasteiger partial charge in [0.1, 0.15) is 5.01 Å². The van der Waals surface area contributed by atoms with Gasteiger partial charge in [0.2, 0.25) is 0 Å². The third kappa shape index (κ3) is 4.09. The first kappa shape index (κ1) is 14.1. The summed E-state index contributed by atoms with van der Waals surface area (Å²) in [5, 5.41) is 5.98. The lowest BCUT2D eigenvalue weighted by Gasteiger charge is -2.19. The zero-order chi connectivity index (χ0) is 12.8. The Labute approximate surface area is 106 Å². The number of nitrogens with one attached hydrogen (secondary N) is 1. The Kier molecular flexibility index (Phi) is 5.58. The zero-order valence-electron chi connectivity index (χ0n) is 10.8. The van der Waals surface area contributed by atoms with E-state index >= 15 is 0 Å². The molecule has 1 aromatic heterocycles. The highest BCUT2D eigenvalue weighted by Crippen LogP contribution is 2.20. The fourth-order valence-electron chi connectivity index (χ4n) is 1.37. The maximum atomic E-state index is 11.9. The number of thiazole rings is 1. The van der Waals surface area contributed by atoms with Gasteiger partial charge < -0.3 is 4.74 Å². The lowest BCUT2D eigenvalue weighted by Crippen LogP contribution is -2.36. The van der Waals surface area contributed by atoms with Crippen LogP contribution in [0.4, 0.5) is 0 Å². The van der Waals surface area contributed by atoms with Crippen molar-refractivity contribution in [2.75, 3.05) is 6.61 Å². The van der Waals surface area contributed by atoms with E-state index in [2.05, 4.69) is 17.2 Å². The van der Waals surface area contributed by atoms with Gasteiger partial charge in [-0.3, -0.25) is 5.32 Å². The molecule has 1 aromatic rings. The fourth-order valence-corrected chi connectivity index (χ4v) is 2.21. The van der Waals surface area contributed by atoms with E-state index in [9.17, 15) is 4.79 Å². The number of rotatable bonds is 6. The molecular weight excluding hydrogens is 236 g/mol. The van der Waals surface area contributed by atoms with E-state index in [-0.39, 0.29) is 12.0 Å². The van der Waals surface area contributed by atoms with Crippen molar-refractivity contribution in [3.8, 4) is 0 Å². The summed E-state index contributed by atoms with van der Waals surface area (Å²) < 4.78 is 5.08. The summed E-state index contributed by atoms with van der Waals surface area (Å²) in [6, 6.07) is -0.183. The maximum absolute atomic E-state index is 11.9. The van der Waals surface area contributed by atoms with E-state index in [1.54, 1.807) is 0 Å². The van der Waals surface area contributed by atoms with Crippen LogP contribution in [-0.2, 0) is 9.53 Å². The van der Waals surface area contributed by atoms with Crippen LogP contribution in [0.1, 0.15) is 43.9 Å². The normalized spacial score (nSPS) is 14.4. The summed E-state index contributed by atoms with van der Waals surface area (Å²) in [5.74, 6) is -0.248. The van der Waals surface area contributed by atoms with Gasteiger partial charge in [0.05, 0.1) is 6.61 Å². The van der Waals surface area contributed by atoms with Crippen LogP contribution in [0.5, 0.6) is 0 Å². The molecule has 0 fully saturated rings. The molecule has 0 aliphatic carbocycles. The molecule has 17 heavy (non-hydrogen) atoms. The van der Waals surface area contributed by atoms with Crippen molar-refractivity contribution in [1.29, 1.82) is 0 Å². The Morgan fingerprint density at radius 2 is 2.29 bits per heavy atom. The highest BCUT2D eigenvalue weighted by atomic mass is 32.1. The first-order chi connectivity index (χ1) is 8.08. The van der Waals surface area contributed by atoms with Gasteiger partial charge in [0.15, 0.2) is 6.04 Å². The van der Waals surface area contributed by atoms with Crippen molar-refractivity contribution in [2.45, 2.75) is 46.2 Å². The lowest BCUT2D eigenvalue weighted by atomic mass is 10.2. The summed E-state index contributed by atoms with van der Waals surface area (Å²) >= 11 is 1.49. The van der Waals surface area contributed by atoms with Crippen LogP contribution >= 0.6 is 11.3 Å². The van der Waals surface area contributed by atoms with Gasteiger partial charge in [0, 0.05) is 17.1 Å². The number of aromatic nitrogens is 1. The van der Waals surface area contributed by atoms with E-state index in [1.807, 2.05) is 26.2 Å². The second-order valence-corrected chi connectivity index (χ2v) is 4.88. The van der Waals surface area contributed by atoms with Crippen LogP contribution in [0.15, 0.2) is 5.38 Å². The monoisotopic (exact) mass is 256 g/mol. The largest absolute Gasteiger partial charge is 0.465 e. The average molecular weight is 256 g/mol. The first-order valence-corrected chi connectivity index (χ1v) is 6.81. The SMILES string of the molecule is CCOC(=O)C(NC(C)CC)c1nc(C)cs1. The number of hydrogen-bond acceptors (Lipinski definition) is 5. The van der Waals surface area contributed by atoms with Gasteiger partial charge in [-0.1, -0.05) is 6.92 Å². The third-order valence-corrected chi connectivity index (χ3v) is 3.50. The molecule has 2 atom stereocenters. The number of ether oxygens (including phenoxy) is 1. The molecule has 0 radical (unpaired) electrons. The Morgan fingerprint density at radius 1 is 1.59 bits per heavy atom. The summed E-state index contributed by atoms with van der Waals surface area (Å²) in [6.07, 6.45) is 0.959. The lowest BCUT2D eigenvalue weighted by molar-refractivity contribution is -0.146. The van der Waals surface area contributed by atoms with E-state index in [1.165, 1.54) is 11.3 Å². The van der Waals surface area contributed by atoms with E-state index in [0.29, 0.717) is 6.61 Å². The first-order valence-electron chi connectivity index (χ1n) is 5.93. The van der Waals surface area contributed by atoms with Crippen LogP contribution in [0.25, 0.3) is 0 Å². The Morgan fingerprint density at radius 3 is 2.76 bits per heavy atom. The average Bonchev–Trinajstić information content (AvgIpc) is 2.72. The summed E-state index contributed by atoms with van der Waals surface area (Å²) in [4.78, 5) is 16.2. The van der Waals surface area contributed by atoms with Crippen molar-refractivity contribution < 1.29 is 9.53 Å².